The Morgan fingerprint density at radius 3 is 1.44 bits per heavy atom. The Kier molecular flexibility index (Phi) is 9.26. The van der Waals surface area contributed by atoms with Crippen LogP contribution in [-0.4, -0.2) is 9.13 Å². The molecule has 0 amide bonds. The van der Waals surface area contributed by atoms with E-state index in [9.17, 15) is 31.6 Å². The number of para-hydroxylation sites is 2. The van der Waals surface area contributed by atoms with E-state index >= 15 is 0 Å². The van der Waals surface area contributed by atoms with Gasteiger partial charge in [-0.15, -0.1) is 0 Å². The van der Waals surface area contributed by atoms with Crippen LogP contribution >= 0.6 is 0 Å². The molecule has 0 aliphatic heterocycles. The first-order valence-electron chi connectivity index (χ1n) is 20.3. The molecule has 2 heterocycles. The van der Waals surface area contributed by atoms with Crippen molar-refractivity contribution in [1.29, 1.82) is 5.26 Å². The van der Waals surface area contributed by atoms with Crippen molar-refractivity contribution in [3.63, 3.8) is 0 Å². The summed E-state index contributed by atoms with van der Waals surface area (Å²) in [6.07, 6.45) is -10.1. The van der Waals surface area contributed by atoms with E-state index in [1.807, 2.05) is 60.7 Å². The van der Waals surface area contributed by atoms with Crippen molar-refractivity contribution in [2.24, 2.45) is 0 Å². The molecular formula is C53H41F6N3. The summed E-state index contributed by atoms with van der Waals surface area (Å²) in [5.74, 6) is 0. The zero-order valence-corrected chi connectivity index (χ0v) is 34.9. The van der Waals surface area contributed by atoms with Gasteiger partial charge in [0.1, 0.15) is 0 Å². The highest BCUT2D eigenvalue weighted by molar-refractivity contribution is 6.11. The van der Waals surface area contributed by atoms with Crippen LogP contribution in [0.1, 0.15) is 69.4 Å². The second-order valence-electron chi connectivity index (χ2n) is 18.0. The monoisotopic (exact) mass is 833 g/mol. The third kappa shape index (κ3) is 6.88. The lowest BCUT2D eigenvalue weighted by molar-refractivity contribution is -0.143. The Bertz CT molecular complexity index is 3270. The number of hydrogen-bond donors (Lipinski definition) is 0. The van der Waals surface area contributed by atoms with Gasteiger partial charge >= 0.3 is 12.4 Å². The fourth-order valence-corrected chi connectivity index (χ4v) is 8.69. The van der Waals surface area contributed by atoms with Gasteiger partial charge in [-0.05, 0) is 124 Å². The zero-order valence-electron chi connectivity index (χ0n) is 34.9. The fourth-order valence-electron chi connectivity index (χ4n) is 8.69. The van der Waals surface area contributed by atoms with Crippen molar-refractivity contribution in [1.82, 2.24) is 9.13 Å². The summed E-state index contributed by atoms with van der Waals surface area (Å²) in [7, 11) is 0. The van der Waals surface area contributed by atoms with Crippen LogP contribution in [0, 0.1) is 11.3 Å². The largest absolute Gasteiger partial charge is 0.416 e. The van der Waals surface area contributed by atoms with Gasteiger partial charge in [0.25, 0.3) is 0 Å². The van der Waals surface area contributed by atoms with Crippen LogP contribution in [0.3, 0.4) is 0 Å². The summed E-state index contributed by atoms with van der Waals surface area (Å²) in [6, 6.07) is 42.6. The van der Waals surface area contributed by atoms with Crippen LogP contribution in [0.4, 0.5) is 26.3 Å². The molecule has 62 heavy (non-hydrogen) atoms. The molecule has 0 fully saturated rings. The molecule has 0 saturated heterocycles. The summed E-state index contributed by atoms with van der Waals surface area (Å²) < 4.78 is 90.9. The third-order valence-electron chi connectivity index (χ3n) is 11.9. The molecule has 3 nitrogen and oxygen atoms in total. The molecule has 9 rings (SSSR count). The molecule has 310 valence electrons. The van der Waals surface area contributed by atoms with E-state index in [4.69, 9.17) is 0 Å². The highest BCUT2D eigenvalue weighted by Crippen LogP contribution is 2.46. The normalized spacial score (nSPS) is 12.8. The Labute approximate surface area is 355 Å². The summed E-state index contributed by atoms with van der Waals surface area (Å²) in [5, 5.41) is 14.3. The number of hydrogen-bond acceptors (Lipinski definition) is 1. The van der Waals surface area contributed by atoms with E-state index in [-0.39, 0.29) is 33.6 Å². The second kappa shape index (κ2) is 14.1. The summed E-state index contributed by atoms with van der Waals surface area (Å²) in [5.41, 5.74) is 4.69. The maximum absolute atomic E-state index is 14.5. The van der Waals surface area contributed by atoms with Crippen LogP contribution in [-0.2, 0) is 23.2 Å². The predicted octanol–water partition coefficient (Wildman–Crippen LogP) is 15.7. The minimum atomic E-state index is -5.06. The van der Waals surface area contributed by atoms with E-state index < -0.39 is 23.5 Å². The van der Waals surface area contributed by atoms with Gasteiger partial charge in [0, 0.05) is 32.8 Å². The van der Waals surface area contributed by atoms with Gasteiger partial charge in [-0.1, -0.05) is 96.1 Å². The molecule has 0 radical (unpaired) electrons. The lowest BCUT2D eigenvalue weighted by Gasteiger charge is -2.21. The van der Waals surface area contributed by atoms with Crippen LogP contribution in [0.15, 0.2) is 140 Å². The number of halogens is 6. The Hall–Kier alpha value is -6.79. The van der Waals surface area contributed by atoms with Gasteiger partial charge in [-0.2, -0.15) is 31.6 Å². The molecule has 0 N–H and O–H groups in total. The van der Waals surface area contributed by atoms with Gasteiger partial charge in [0.15, 0.2) is 0 Å². The van der Waals surface area contributed by atoms with Crippen molar-refractivity contribution in [2.75, 3.05) is 0 Å². The third-order valence-corrected chi connectivity index (χ3v) is 11.9. The van der Waals surface area contributed by atoms with Crippen LogP contribution in [0.25, 0.3) is 77.2 Å². The van der Waals surface area contributed by atoms with Crippen molar-refractivity contribution in [3.05, 3.63) is 167 Å². The second-order valence-corrected chi connectivity index (χ2v) is 18.0. The van der Waals surface area contributed by atoms with E-state index in [1.54, 1.807) is 30.3 Å². The number of benzene rings is 7. The average molecular weight is 834 g/mol. The minimum absolute atomic E-state index is 0.133. The first kappa shape index (κ1) is 40.6. The zero-order chi connectivity index (χ0) is 44.1. The maximum atomic E-state index is 14.5. The topological polar surface area (TPSA) is 33.6 Å². The standard InChI is InChI=1S/C53H41F6N3/c1-50(2,3)33-16-21-47-43(27-33)39-11-7-9-13-45(39)61(47)37-18-19-38(32-24-35(52(54,55)56)26-36(25-32)53(57,58)59)41(29-37)42-23-31(30-60)15-20-48(42)62-46-14-10-8-12-40(46)44-28-34(51(4,5)6)17-22-49(44)62/h7-29H,1-6H3. The molecule has 0 atom stereocenters. The van der Waals surface area contributed by atoms with Crippen LogP contribution in [0.2, 0.25) is 0 Å². The molecule has 0 spiro atoms. The van der Waals surface area contributed by atoms with Crippen LogP contribution < -0.4 is 0 Å². The molecule has 0 aliphatic rings. The quantitative estimate of drug-likeness (QED) is 0.163. The van der Waals surface area contributed by atoms with E-state index in [2.05, 4.69) is 87.1 Å². The van der Waals surface area contributed by atoms with Crippen molar-refractivity contribution in [3.8, 4) is 39.7 Å². The van der Waals surface area contributed by atoms with E-state index in [1.165, 1.54) is 0 Å². The molecule has 2 aromatic heterocycles. The number of nitriles is 1. The number of fused-ring (bicyclic) bond motifs is 6. The van der Waals surface area contributed by atoms with Gasteiger partial charge in [0.05, 0.1) is 50.5 Å². The summed E-state index contributed by atoms with van der Waals surface area (Å²) in [6.45, 7) is 12.8. The number of rotatable bonds is 4. The molecule has 7 aromatic carbocycles. The lowest BCUT2D eigenvalue weighted by atomic mass is 9.86. The molecular weight excluding hydrogens is 793 g/mol. The van der Waals surface area contributed by atoms with Gasteiger partial charge in [0.2, 0.25) is 0 Å². The van der Waals surface area contributed by atoms with Gasteiger partial charge < -0.3 is 9.13 Å². The first-order valence-corrected chi connectivity index (χ1v) is 20.3. The number of aromatic nitrogens is 2. The van der Waals surface area contributed by atoms with Crippen molar-refractivity contribution < 1.29 is 26.3 Å². The van der Waals surface area contributed by atoms with Gasteiger partial charge in [-0.25, -0.2) is 0 Å². The fraction of sp³-hybridized carbons (Fsp3) is 0.189. The number of alkyl halides is 6. The molecule has 0 unspecified atom stereocenters. The van der Waals surface area contributed by atoms with Crippen molar-refractivity contribution in [2.45, 2.75) is 64.7 Å². The van der Waals surface area contributed by atoms with E-state index in [0.717, 1.165) is 66.9 Å². The SMILES string of the molecule is CC(C)(C)c1ccc2c(c1)c1ccccc1n2-c1ccc(-c2cc(C(F)(F)F)cc(C(F)(F)F)c2)c(-c2cc(C#N)ccc2-n2c3ccccc3c3cc(C(C)(C)C)ccc32)c1. The summed E-state index contributed by atoms with van der Waals surface area (Å²) in [4.78, 5) is 0. The minimum Gasteiger partial charge on any atom is -0.309 e. The molecule has 0 saturated carbocycles. The molecule has 0 aliphatic carbocycles. The lowest BCUT2D eigenvalue weighted by Crippen LogP contribution is -2.11. The first-order chi connectivity index (χ1) is 29.2. The van der Waals surface area contributed by atoms with Crippen molar-refractivity contribution >= 4 is 43.6 Å². The Morgan fingerprint density at radius 1 is 0.419 bits per heavy atom. The molecule has 0 bridgehead atoms. The molecule has 9 heteroatoms. The Balaban J connectivity index is 1.41. The maximum Gasteiger partial charge on any atom is 0.416 e. The highest BCUT2D eigenvalue weighted by atomic mass is 19.4. The highest BCUT2D eigenvalue weighted by Gasteiger charge is 2.37. The van der Waals surface area contributed by atoms with E-state index in [0.29, 0.717) is 22.5 Å². The average Bonchev–Trinajstić information content (AvgIpc) is 3.74. The number of nitrogens with zero attached hydrogens (tertiary/aromatic N) is 3. The Morgan fingerprint density at radius 2 is 0.919 bits per heavy atom. The smallest absolute Gasteiger partial charge is 0.309 e. The predicted molar refractivity (Wildman–Crippen MR) is 238 cm³/mol. The van der Waals surface area contributed by atoms with Gasteiger partial charge in [-0.3, -0.25) is 0 Å². The summed E-state index contributed by atoms with van der Waals surface area (Å²) >= 11 is 0. The van der Waals surface area contributed by atoms with Crippen LogP contribution in [0.5, 0.6) is 0 Å². The molecule has 9 aromatic rings.